The van der Waals surface area contributed by atoms with Crippen LogP contribution >= 0.6 is 0 Å². The summed E-state index contributed by atoms with van der Waals surface area (Å²) in [5.41, 5.74) is 2.01. The number of aliphatic hydroxyl groups is 2. The molecule has 0 atom stereocenters. The van der Waals surface area contributed by atoms with Gasteiger partial charge in [0.15, 0.2) is 0 Å². The van der Waals surface area contributed by atoms with Gasteiger partial charge in [0, 0.05) is 38.1 Å². The monoisotopic (exact) mass is 253 g/mol. The Morgan fingerprint density at radius 2 is 2.00 bits per heavy atom. The van der Waals surface area contributed by atoms with Crippen molar-refractivity contribution in [3.05, 3.63) is 24.0 Å². The van der Waals surface area contributed by atoms with Crippen molar-refractivity contribution in [2.45, 2.75) is 19.9 Å². The number of hydrogen-bond donors (Lipinski definition) is 3. The maximum absolute atomic E-state index is 8.96. The average molecular weight is 253 g/mol. The number of nitrogens with one attached hydrogen (secondary N) is 1. The van der Waals surface area contributed by atoms with Crippen molar-refractivity contribution >= 4 is 5.69 Å². The molecule has 0 fully saturated rings. The lowest BCUT2D eigenvalue weighted by Crippen LogP contribution is -2.29. The zero-order valence-electron chi connectivity index (χ0n) is 11.0. The lowest BCUT2D eigenvalue weighted by atomic mass is 10.3. The molecule has 0 aliphatic rings. The molecule has 18 heavy (non-hydrogen) atoms. The number of nitrogens with zero attached hydrogens (tertiary/aromatic N) is 2. The first kappa shape index (κ1) is 14.9. The number of hydrogen-bond acceptors (Lipinski definition) is 5. The Balaban J connectivity index is 2.58. The van der Waals surface area contributed by atoms with Crippen LogP contribution in [0.4, 0.5) is 5.69 Å². The highest BCUT2D eigenvalue weighted by molar-refractivity contribution is 5.43. The van der Waals surface area contributed by atoms with E-state index in [4.69, 9.17) is 10.2 Å². The van der Waals surface area contributed by atoms with Crippen molar-refractivity contribution in [3.8, 4) is 0 Å². The van der Waals surface area contributed by atoms with Crippen LogP contribution in [0.3, 0.4) is 0 Å². The summed E-state index contributed by atoms with van der Waals surface area (Å²) in [6.45, 7) is 4.99. The molecule has 0 spiro atoms. The molecule has 0 aliphatic carbocycles. The van der Waals surface area contributed by atoms with E-state index in [9.17, 15) is 0 Å². The van der Waals surface area contributed by atoms with E-state index >= 15 is 0 Å². The van der Waals surface area contributed by atoms with Crippen LogP contribution in [-0.4, -0.2) is 52.9 Å². The third-order valence-electron chi connectivity index (χ3n) is 2.61. The van der Waals surface area contributed by atoms with E-state index in [2.05, 4.69) is 17.2 Å². The van der Waals surface area contributed by atoms with Gasteiger partial charge in [0.2, 0.25) is 0 Å². The highest BCUT2D eigenvalue weighted by Gasteiger charge is 2.06. The first-order chi connectivity index (χ1) is 8.80. The molecule has 102 valence electrons. The molecule has 5 heteroatoms. The molecule has 1 aromatic rings. The minimum atomic E-state index is 0.0910. The second kappa shape index (κ2) is 8.85. The zero-order valence-corrected chi connectivity index (χ0v) is 11.0. The molecule has 0 radical (unpaired) electrons. The molecule has 0 aliphatic heterocycles. The van der Waals surface area contributed by atoms with Gasteiger partial charge in [0.25, 0.3) is 0 Å². The SMILES string of the molecule is CCCNc1ccnc(CN(CCO)CCO)c1. The van der Waals surface area contributed by atoms with Gasteiger partial charge in [-0.2, -0.15) is 0 Å². The fourth-order valence-corrected chi connectivity index (χ4v) is 1.73. The first-order valence-corrected chi connectivity index (χ1v) is 6.43. The van der Waals surface area contributed by atoms with Crippen LogP contribution < -0.4 is 5.32 Å². The van der Waals surface area contributed by atoms with Crippen LogP contribution in [0.2, 0.25) is 0 Å². The highest BCUT2D eigenvalue weighted by atomic mass is 16.3. The van der Waals surface area contributed by atoms with E-state index in [1.54, 1.807) is 6.20 Å². The summed E-state index contributed by atoms with van der Waals surface area (Å²) in [5, 5.41) is 21.2. The van der Waals surface area contributed by atoms with Gasteiger partial charge in [-0.1, -0.05) is 6.92 Å². The summed E-state index contributed by atoms with van der Waals surface area (Å²) < 4.78 is 0. The summed E-state index contributed by atoms with van der Waals surface area (Å²) in [5.74, 6) is 0. The summed E-state index contributed by atoms with van der Waals surface area (Å²) in [7, 11) is 0. The minimum absolute atomic E-state index is 0.0910. The van der Waals surface area contributed by atoms with Crippen LogP contribution in [0.5, 0.6) is 0 Å². The molecule has 0 amide bonds. The van der Waals surface area contributed by atoms with E-state index in [0.717, 1.165) is 24.3 Å². The molecule has 0 saturated heterocycles. The predicted octanol–water partition coefficient (Wildman–Crippen LogP) is 0.690. The van der Waals surface area contributed by atoms with Crippen LogP contribution in [-0.2, 0) is 6.54 Å². The molecule has 1 aromatic heterocycles. The van der Waals surface area contributed by atoms with E-state index in [-0.39, 0.29) is 13.2 Å². The summed E-state index contributed by atoms with van der Waals surface area (Å²) in [6.07, 6.45) is 2.86. The molecule has 0 unspecified atom stereocenters. The Hall–Kier alpha value is -1.17. The summed E-state index contributed by atoms with van der Waals surface area (Å²) in [6, 6.07) is 3.96. The van der Waals surface area contributed by atoms with Crippen LogP contribution in [0.15, 0.2) is 18.3 Å². The van der Waals surface area contributed by atoms with Gasteiger partial charge in [0.05, 0.1) is 18.9 Å². The zero-order chi connectivity index (χ0) is 13.2. The summed E-state index contributed by atoms with van der Waals surface area (Å²) in [4.78, 5) is 6.28. The quantitative estimate of drug-likeness (QED) is 0.604. The lowest BCUT2D eigenvalue weighted by molar-refractivity contribution is 0.154. The molecule has 3 N–H and O–H groups in total. The number of anilines is 1. The number of pyridine rings is 1. The largest absolute Gasteiger partial charge is 0.395 e. The standard InChI is InChI=1S/C13H23N3O2/c1-2-4-14-12-3-5-15-13(10-12)11-16(6-8-17)7-9-18/h3,5,10,17-18H,2,4,6-9,11H2,1H3,(H,14,15). The number of aliphatic hydroxyl groups excluding tert-OH is 2. The predicted molar refractivity (Wildman–Crippen MR) is 72.5 cm³/mol. The van der Waals surface area contributed by atoms with Gasteiger partial charge in [-0.05, 0) is 18.6 Å². The van der Waals surface area contributed by atoms with Gasteiger partial charge in [-0.15, -0.1) is 0 Å². The maximum Gasteiger partial charge on any atom is 0.0564 e. The van der Waals surface area contributed by atoms with Gasteiger partial charge in [0.1, 0.15) is 0 Å². The van der Waals surface area contributed by atoms with E-state index in [1.807, 2.05) is 17.0 Å². The molecule has 1 rings (SSSR count). The second-order valence-corrected chi connectivity index (χ2v) is 4.19. The van der Waals surface area contributed by atoms with Crippen molar-refractivity contribution in [2.75, 3.05) is 38.2 Å². The Morgan fingerprint density at radius 3 is 2.61 bits per heavy atom. The molecular formula is C13H23N3O2. The van der Waals surface area contributed by atoms with Crippen molar-refractivity contribution in [3.63, 3.8) is 0 Å². The smallest absolute Gasteiger partial charge is 0.0564 e. The van der Waals surface area contributed by atoms with Gasteiger partial charge in [-0.25, -0.2) is 0 Å². The van der Waals surface area contributed by atoms with Gasteiger partial charge >= 0.3 is 0 Å². The normalized spacial score (nSPS) is 10.9. The van der Waals surface area contributed by atoms with Crippen molar-refractivity contribution < 1.29 is 10.2 Å². The van der Waals surface area contributed by atoms with Crippen LogP contribution in [0.25, 0.3) is 0 Å². The van der Waals surface area contributed by atoms with Gasteiger partial charge in [-0.3, -0.25) is 9.88 Å². The van der Waals surface area contributed by atoms with Crippen LogP contribution in [0, 0.1) is 0 Å². The number of rotatable bonds is 9. The molecular weight excluding hydrogens is 230 g/mol. The topological polar surface area (TPSA) is 68.6 Å². The average Bonchev–Trinajstić information content (AvgIpc) is 2.37. The van der Waals surface area contributed by atoms with E-state index in [0.29, 0.717) is 19.6 Å². The minimum Gasteiger partial charge on any atom is -0.395 e. The molecule has 0 aromatic carbocycles. The molecule has 0 saturated carbocycles. The Kier molecular flexibility index (Phi) is 7.32. The second-order valence-electron chi connectivity index (χ2n) is 4.19. The lowest BCUT2D eigenvalue weighted by Gasteiger charge is -2.19. The van der Waals surface area contributed by atoms with Crippen LogP contribution in [0.1, 0.15) is 19.0 Å². The fourth-order valence-electron chi connectivity index (χ4n) is 1.73. The highest BCUT2D eigenvalue weighted by Crippen LogP contribution is 2.10. The van der Waals surface area contributed by atoms with Crippen molar-refractivity contribution in [1.29, 1.82) is 0 Å². The Bertz CT molecular complexity index is 328. The molecule has 1 heterocycles. The summed E-state index contributed by atoms with van der Waals surface area (Å²) >= 11 is 0. The third kappa shape index (κ3) is 5.44. The first-order valence-electron chi connectivity index (χ1n) is 6.43. The Morgan fingerprint density at radius 1 is 1.28 bits per heavy atom. The van der Waals surface area contributed by atoms with E-state index < -0.39 is 0 Å². The molecule has 5 nitrogen and oxygen atoms in total. The maximum atomic E-state index is 8.96. The van der Waals surface area contributed by atoms with Crippen molar-refractivity contribution in [1.82, 2.24) is 9.88 Å². The van der Waals surface area contributed by atoms with E-state index in [1.165, 1.54) is 0 Å². The Labute approximate surface area is 108 Å². The third-order valence-corrected chi connectivity index (χ3v) is 2.61. The molecule has 0 bridgehead atoms. The van der Waals surface area contributed by atoms with Crippen molar-refractivity contribution in [2.24, 2.45) is 0 Å². The van der Waals surface area contributed by atoms with Gasteiger partial charge < -0.3 is 15.5 Å². The number of aromatic nitrogens is 1. The fraction of sp³-hybridized carbons (Fsp3) is 0.615.